The summed E-state index contributed by atoms with van der Waals surface area (Å²) in [5.74, 6) is 0. The second kappa shape index (κ2) is 6.02. The van der Waals surface area contributed by atoms with Gasteiger partial charge in [-0.2, -0.15) is 0 Å². The van der Waals surface area contributed by atoms with E-state index in [0.717, 1.165) is 12.6 Å². The molecule has 2 nitrogen and oxygen atoms in total. The Labute approximate surface area is 102 Å². The number of piperidine rings is 1. The van der Waals surface area contributed by atoms with Crippen molar-refractivity contribution >= 4 is 0 Å². The number of hydrogen-bond donors (Lipinski definition) is 1. The first-order valence-corrected chi connectivity index (χ1v) is 6.92. The average molecular weight is 226 g/mol. The van der Waals surface area contributed by atoms with Gasteiger partial charge in [-0.1, -0.05) is 20.8 Å². The molecule has 96 valence electrons. The van der Waals surface area contributed by atoms with Gasteiger partial charge in [-0.25, -0.2) is 0 Å². The lowest BCUT2D eigenvalue weighted by atomic mass is 9.82. The van der Waals surface area contributed by atoms with Crippen LogP contribution >= 0.6 is 0 Å². The highest BCUT2D eigenvalue weighted by Crippen LogP contribution is 2.30. The third kappa shape index (κ3) is 4.42. The zero-order valence-electron chi connectivity index (χ0n) is 11.8. The Kier molecular flexibility index (Phi) is 5.26. The van der Waals surface area contributed by atoms with Crippen molar-refractivity contribution in [2.75, 3.05) is 19.6 Å². The highest BCUT2D eigenvalue weighted by atomic mass is 15.2. The molecule has 0 bridgehead atoms. The van der Waals surface area contributed by atoms with Crippen LogP contribution in [-0.2, 0) is 0 Å². The largest absolute Gasteiger partial charge is 0.314 e. The van der Waals surface area contributed by atoms with Crippen LogP contribution in [0.15, 0.2) is 0 Å². The van der Waals surface area contributed by atoms with Gasteiger partial charge in [-0.3, -0.25) is 0 Å². The van der Waals surface area contributed by atoms with Crippen LogP contribution in [0.4, 0.5) is 0 Å². The topological polar surface area (TPSA) is 15.3 Å². The van der Waals surface area contributed by atoms with E-state index in [9.17, 15) is 0 Å². The van der Waals surface area contributed by atoms with Crippen molar-refractivity contribution in [3.63, 3.8) is 0 Å². The first kappa shape index (κ1) is 14.0. The third-order valence-corrected chi connectivity index (χ3v) is 4.02. The van der Waals surface area contributed by atoms with Gasteiger partial charge in [0, 0.05) is 12.1 Å². The minimum Gasteiger partial charge on any atom is -0.314 e. The Morgan fingerprint density at radius 3 is 2.25 bits per heavy atom. The molecule has 1 saturated heterocycles. The van der Waals surface area contributed by atoms with E-state index in [1.54, 1.807) is 0 Å². The number of nitrogens with zero attached hydrogens (tertiary/aromatic N) is 1. The maximum atomic E-state index is 3.51. The fourth-order valence-corrected chi connectivity index (χ4v) is 2.66. The highest BCUT2D eigenvalue weighted by Gasteiger charge is 2.27. The van der Waals surface area contributed by atoms with E-state index in [-0.39, 0.29) is 0 Å². The molecule has 0 aromatic rings. The maximum absolute atomic E-state index is 3.51. The van der Waals surface area contributed by atoms with E-state index in [2.05, 4.69) is 44.8 Å². The summed E-state index contributed by atoms with van der Waals surface area (Å²) in [6.45, 7) is 15.3. The van der Waals surface area contributed by atoms with Crippen LogP contribution in [-0.4, -0.2) is 36.6 Å². The molecule has 16 heavy (non-hydrogen) atoms. The van der Waals surface area contributed by atoms with Gasteiger partial charge >= 0.3 is 0 Å². The standard InChI is InChI=1S/C14H30N2/c1-6-15-12(2)11-13(3)16-9-7-14(4,5)8-10-16/h12-13,15H,6-11H2,1-5H3. The number of nitrogens with one attached hydrogen (secondary N) is 1. The predicted octanol–water partition coefficient (Wildman–Crippen LogP) is 2.89. The molecule has 0 spiro atoms. The summed E-state index contributed by atoms with van der Waals surface area (Å²) >= 11 is 0. The van der Waals surface area contributed by atoms with Crippen LogP contribution < -0.4 is 5.32 Å². The Morgan fingerprint density at radius 2 is 1.75 bits per heavy atom. The molecule has 0 amide bonds. The number of hydrogen-bond acceptors (Lipinski definition) is 2. The van der Waals surface area contributed by atoms with Gasteiger partial charge in [0.25, 0.3) is 0 Å². The van der Waals surface area contributed by atoms with Crippen LogP contribution in [0.3, 0.4) is 0 Å². The lowest BCUT2D eigenvalue weighted by Crippen LogP contribution is -2.44. The van der Waals surface area contributed by atoms with E-state index >= 15 is 0 Å². The van der Waals surface area contributed by atoms with Crippen molar-refractivity contribution in [1.82, 2.24) is 10.2 Å². The van der Waals surface area contributed by atoms with E-state index in [0.29, 0.717) is 11.5 Å². The molecule has 0 aromatic heterocycles. The van der Waals surface area contributed by atoms with Crippen molar-refractivity contribution in [3.05, 3.63) is 0 Å². The van der Waals surface area contributed by atoms with Gasteiger partial charge in [0.05, 0.1) is 0 Å². The van der Waals surface area contributed by atoms with Gasteiger partial charge in [-0.15, -0.1) is 0 Å². The lowest BCUT2D eigenvalue weighted by molar-refractivity contribution is 0.0930. The minimum atomic E-state index is 0.573. The summed E-state index contributed by atoms with van der Waals surface area (Å²) in [5.41, 5.74) is 0.573. The van der Waals surface area contributed by atoms with E-state index < -0.39 is 0 Å². The molecule has 0 aliphatic carbocycles. The van der Waals surface area contributed by atoms with E-state index in [4.69, 9.17) is 0 Å². The smallest absolute Gasteiger partial charge is 0.00816 e. The molecule has 2 atom stereocenters. The molecule has 0 saturated carbocycles. The summed E-state index contributed by atoms with van der Waals surface area (Å²) in [5, 5.41) is 3.51. The van der Waals surface area contributed by atoms with Gasteiger partial charge in [0.2, 0.25) is 0 Å². The number of likely N-dealkylation sites (tertiary alicyclic amines) is 1. The molecular weight excluding hydrogens is 196 g/mol. The van der Waals surface area contributed by atoms with Crippen LogP contribution in [0.1, 0.15) is 53.9 Å². The average Bonchev–Trinajstić information content (AvgIpc) is 2.17. The van der Waals surface area contributed by atoms with Crippen molar-refractivity contribution in [1.29, 1.82) is 0 Å². The molecule has 0 aromatic carbocycles. The summed E-state index contributed by atoms with van der Waals surface area (Å²) in [6.07, 6.45) is 3.98. The van der Waals surface area contributed by atoms with Crippen LogP contribution in [0.2, 0.25) is 0 Å². The lowest BCUT2D eigenvalue weighted by Gasteiger charge is -2.40. The Balaban J connectivity index is 2.30. The first-order chi connectivity index (χ1) is 7.44. The van der Waals surface area contributed by atoms with Crippen LogP contribution in [0.5, 0.6) is 0 Å². The molecule has 1 aliphatic heterocycles. The minimum absolute atomic E-state index is 0.573. The molecule has 1 heterocycles. The SMILES string of the molecule is CCNC(C)CC(C)N1CCC(C)(C)CC1. The van der Waals surface area contributed by atoms with Gasteiger partial charge in [0.1, 0.15) is 0 Å². The first-order valence-electron chi connectivity index (χ1n) is 6.92. The zero-order valence-corrected chi connectivity index (χ0v) is 11.8. The number of rotatable bonds is 5. The highest BCUT2D eigenvalue weighted by molar-refractivity contribution is 4.82. The monoisotopic (exact) mass is 226 g/mol. The molecule has 1 N–H and O–H groups in total. The quantitative estimate of drug-likeness (QED) is 0.775. The van der Waals surface area contributed by atoms with Crippen molar-refractivity contribution < 1.29 is 0 Å². The Morgan fingerprint density at radius 1 is 1.19 bits per heavy atom. The van der Waals surface area contributed by atoms with Crippen LogP contribution in [0, 0.1) is 5.41 Å². The normalized spacial score (nSPS) is 25.3. The van der Waals surface area contributed by atoms with Gasteiger partial charge in [-0.05, 0) is 58.2 Å². The van der Waals surface area contributed by atoms with Gasteiger partial charge < -0.3 is 10.2 Å². The second-order valence-corrected chi connectivity index (χ2v) is 6.24. The fraction of sp³-hybridized carbons (Fsp3) is 1.00. The molecule has 1 aliphatic rings. The summed E-state index contributed by atoms with van der Waals surface area (Å²) in [7, 11) is 0. The fourth-order valence-electron chi connectivity index (χ4n) is 2.66. The van der Waals surface area contributed by atoms with Gasteiger partial charge in [0.15, 0.2) is 0 Å². The molecule has 1 rings (SSSR count). The second-order valence-electron chi connectivity index (χ2n) is 6.24. The molecule has 1 fully saturated rings. The van der Waals surface area contributed by atoms with Crippen molar-refractivity contribution in [2.45, 2.75) is 66.0 Å². The Hall–Kier alpha value is -0.0800. The Bertz CT molecular complexity index is 191. The maximum Gasteiger partial charge on any atom is 0.00816 e. The summed E-state index contributed by atoms with van der Waals surface area (Å²) < 4.78 is 0. The van der Waals surface area contributed by atoms with Crippen molar-refractivity contribution in [2.24, 2.45) is 5.41 Å². The molecular formula is C14H30N2. The summed E-state index contributed by atoms with van der Waals surface area (Å²) in [4.78, 5) is 2.67. The predicted molar refractivity (Wildman–Crippen MR) is 71.8 cm³/mol. The molecule has 2 heteroatoms. The molecule has 0 radical (unpaired) electrons. The van der Waals surface area contributed by atoms with E-state index in [1.165, 1.54) is 32.4 Å². The third-order valence-electron chi connectivity index (χ3n) is 4.02. The molecule has 2 unspecified atom stereocenters. The zero-order chi connectivity index (χ0) is 12.2. The van der Waals surface area contributed by atoms with Crippen LogP contribution in [0.25, 0.3) is 0 Å². The van der Waals surface area contributed by atoms with E-state index in [1.807, 2.05) is 0 Å². The summed E-state index contributed by atoms with van der Waals surface area (Å²) in [6, 6.07) is 1.38. The van der Waals surface area contributed by atoms with Crippen molar-refractivity contribution in [3.8, 4) is 0 Å².